The predicted molar refractivity (Wildman–Crippen MR) is 47.2 cm³/mol. The standard InChI is InChI=1S/C8H8ClFN2/c1-4(11)7-6(10)3-12-5(2)8(7)9/h3H,1,11H2,2H3. The highest BCUT2D eigenvalue weighted by atomic mass is 35.5. The van der Waals surface area contributed by atoms with Crippen molar-refractivity contribution in [2.75, 3.05) is 0 Å². The minimum absolute atomic E-state index is 0.114. The molecule has 0 saturated carbocycles. The van der Waals surface area contributed by atoms with Crippen molar-refractivity contribution in [2.24, 2.45) is 5.73 Å². The molecule has 1 heterocycles. The topological polar surface area (TPSA) is 38.9 Å². The van der Waals surface area contributed by atoms with Crippen LogP contribution in [0.1, 0.15) is 11.3 Å². The second kappa shape index (κ2) is 3.11. The fourth-order valence-corrected chi connectivity index (χ4v) is 1.12. The smallest absolute Gasteiger partial charge is 0.152 e. The van der Waals surface area contributed by atoms with E-state index in [0.29, 0.717) is 5.69 Å². The summed E-state index contributed by atoms with van der Waals surface area (Å²) in [7, 11) is 0. The Bertz CT molecular complexity index is 336. The van der Waals surface area contributed by atoms with Crippen LogP contribution in [0.15, 0.2) is 12.8 Å². The molecule has 12 heavy (non-hydrogen) atoms. The number of nitrogens with zero attached hydrogens (tertiary/aromatic N) is 1. The number of hydrogen-bond donors (Lipinski definition) is 1. The lowest BCUT2D eigenvalue weighted by Gasteiger charge is -2.05. The number of rotatable bonds is 1. The van der Waals surface area contributed by atoms with Gasteiger partial charge in [-0.2, -0.15) is 0 Å². The molecule has 0 fully saturated rings. The molecule has 0 aromatic carbocycles. The Morgan fingerprint density at radius 2 is 2.33 bits per heavy atom. The molecular weight excluding hydrogens is 179 g/mol. The third kappa shape index (κ3) is 1.41. The number of halogens is 2. The van der Waals surface area contributed by atoms with Gasteiger partial charge in [-0.1, -0.05) is 18.2 Å². The number of nitrogens with two attached hydrogens (primary N) is 1. The molecule has 0 aliphatic heterocycles. The molecule has 1 aromatic rings. The first-order valence-corrected chi connectivity index (χ1v) is 3.67. The van der Waals surface area contributed by atoms with Crippen molar-refractivity contribution in [3.8, 4) is 0 Å². The minimum Gasteiger partial charge on any atom is -0.399 e. The SMILES string of the molecule is C=C(N)c1c(F)cnc(C)c1Cl. The lowest BCUT2D eigenvalue weighted by molar-refractivity contribution is 0.616. The van der Waals surface area contributed by atoms with Gasteiger partial charge in [-0.15, -0.1) is 0 Å². The molecule has 0 radical (unpaired) electrons. The van der Waals surface area contributed by atoms with E-state index in [9.17, 15) is 4.39 Å². The second-order valence-electron chi connectivity index (χ2n) is 2.41. The Kier molecular flexibility index (Phi) is 2.33. The van der Waals surface area contributed by atoms with Gasteiger partial charge in [0.2, 0.25) is 0 Å². The van der Waals surface area contributed by atoms with Crippen molar-refractivity contribution < 1.29 is 4.39 Å². The third-order valence-electron chi connectivity index (χ3n) is 1.47. The summed E-state index contributed by atoms with van der Waals surface area (Å²) in [5.74, 6) is -0.543. The monoisotopic (exact) mass is 186 g/mol. The van der Waals surface area contributed by atoms with Crippen LogP contribution in [0.2, 0.25) is 5.02 Å². The van der Waals surface area contributed by atoms with Crippen LogP contribution >= 0.6 is 11.6 Å². The van der Waals surface area contributed by atoms with Crippen LogP contribution in [0.4, 0.5) is 4.39 Å². The Balaban J connectivity index is 3.43. The van der Waals surface area contributed by atoms with Gasteiger partial charge in [0.15, 0.2) is 5.82 Å². The zero-order chi connectivity index (χ0) is 9.30. The molecule has 0 atom stereocenters. The van der Waals surface area contributed by atoms with E-state index in [-0.39, 0.29) is 16.3 Å². The predicted octanol–water partition coefficient (Wildman–Crippen LogP) is 2.11. The molecule has 2 N–H and O–H groups in total. The van der Waals surface area contributed by atoms with Gasteiger partial charge in [0.1, 0.15) is 0 Å². The van der Waals surface area contributed by atoms with Crippen molar-refractivity contribution in [3.63, 3.8) is 0 Å². The number of pyridine rings is 1. The maximum Gasteiger partial charge on any atom is 0.152 e. The fourth-order valence-electron chi connectivity index (χ4n) is 0.855. The molecule has 0 saturated heterocycles. The summed E-state index contributed by atoms with van der Waals surface area (Å²) in [6.45, 7) is 5.09. The van der Waals surface area contributed by atoms with E-state index in [1.807, 2.05) is 0 Å². The molecule has 1 rings (SSSR count). The maximum atomic E-state index is 13.0. The lowest BCUT2D eigenvalue weighted by Crippen LogP contribution is -2.01. The first-order valence-electron chi connectivity index (χ1n) is 3.29. The molecular formula is C8H8ClFN2. The van der Waals surface area contributed by atoms with Crippen LogP contribution in [-0.2, 0) is 0 Å². The van der Waals surface area contributed by atoms with E-state index in [1.54, 1.807) is 6.92 Å². The molecule has 0 unspecified atom stereocenters. The largest absolute Gasteiger partial charge is 0.399 e. The number of hydrogen-bond acceptors (Lipinski definition) is 2. The van der Waals surface area contributed by atoms with E-state index in [0.717, 1.165) is 6.20 Å². The molecule has 0 aliphatic carbocycles. The quantitative estimate of drug-likeness (QED) is 0.730. The van der Waals surface area contributed by atoms with Crippen LogP contribution in [0.3, 0.4) is 0 Å². The third-order valence-corrected chi connectivity index (χ3v) is 1.93. The van der Waals surface area contributed by atoms with Crippen LogP contribution in [0.25, 0.3) is 5.70 Å². The van der Waals surface area contributed by atoms with Gasteiger partial charge < -0.3 is 5.73 Å². The van der Waals surface area contributed by atoms with Crippen molar-refractivity contribution in [2.45, 2.75) is 6.92 Å². The Morgan fingerprint density at radius 3 is 2.75 bits per heavy atom. The van der Waals surface area contributed by atoms with Crippen LogP contribution in [0, 0.1) is 12.7 Å². The van der Waals surface area contributed by atoms with Crippen molar-refractivity contribution in [1.82, 2.24) is 4.98 Å². The van der Waals surface area contributed by atoms with Gasteiger partial charge in [0.25, 0.3) is 0 Å². The normalized spacial score (nSPS) is 9.92. The lowest BCUT2D eigenvalue weighted by atomic mass is 10.2. The van der Waals surface area contributed by atoms with Crippen LogP contribution < -0.4 is 5.73 Å². The van der Waals surface area contributed by atoms with E-state index in [4.69, 9.17) is 17.3 Å². The Labute approximate surface area is 74.9 Å². The molecule has 0 aliphatic rings. The summed E-state index contributed by atoms with van der Waals surface area (Å²) in [5, 5.41) is 0.225. The highest BCUT2D eigenvalue weighted by Crippen LogP contribution is 2.24. The van der Waals surface area contributed by atoms with E-state index in [2.05, 4.69) is 11.6 Å². The van der Waals surface area contributed by atoms with Crippen LogP contribution in [0.5, 0.6) is 0 Å². The van der Waals surface area contributed by atoms with E-state index < -0.39 is 5.82 Å². The highest BCUT2D eigenvalue weighted by Gasteiger charge is 2.11. The summed E-state index contributed by atoms with van der Waals surface area (Å²) in [5.41, 5.74) is 6.14. The van der Waals surface area contributed by atoms with Crippen molar-refractivity contribution in [1.29, 1.82) is 0 Å². The van der Waals surface area contributed by atoms with E-state index >= 15 is 0 Å². The molecule has 1 aromatic heterocycles. The summed E-state index contributed by atoms with van der Waals surface area (Å²) >= 11 is 5.75. The molecule has 64 valence electrons. The number of aromatic nitrogens is 1. The fraction of sp³-hybridized carbons (Fsp3) is 0.125. The molecule has 0 spiro atoms. The van der Waals surface area contributed by atoms with Gasteiger partial charge in [-0.3, -0.25) is 4.98 Å². The van der Waals surface area contributed by atoms with Gasteiger partial charge in [0.05, 0.1) is 22.5 Å². The summed E-state index contributed by atoms with van der Waals surface area (Å²) in [4.78, 5) is 3.72. The van der Waals surface area contributed by atoms with Gasteiger partial charge in [0, 0.05) is 5.70 Å². The average Bonchev–Trinajstić information content (AvgIpc) is 1.97. The second-order valence-corrected chi connectivity index (χ2v) is 2.78. The van der Waals surface area contributed by atoms with Crippen molar-refractivity contribution >= 4 is 17.3 Å². The summed E-state index contributed by atoms with van der Waals surface area (Å²) in [6, 6.07) is 0. The Hall–Kier alpha value is -1.09. The van der Waals surface area contributed by atoms with Gasteiger partial charge in [-0.25, -0.2) is 4.39 Å². The minimum atomic E-state index is -0.543. The molecule has 0 bridgehead atoms. The highest BCUT2D eigenvalue weighted by molar-refractivity contribution is 6.32. The van der Waals surface area contributed by atoms with Crippen molar-refractivity contribution in [3.05, 3.63) is 34.9 Å². The Morgan fingerprint density at radius 1 is 1.75 bits per heavy atom. The zero-order valence-corrected chi connectivity index (χ0v) is 7.32. The maximum absolute atomic E-state index is 13.0. The average molecular weight is 187 g/mol. The van der Waals surface area contributed by atoms with Gasteiger partial charge >= 0.3 is 0 Å². The summed E-state index contributed by atoms with van der Waals surface area (Å²) in [6.07, 6.45) is 1.08. The molecule has 4 heteroatoms. The molecule has 2 nitrogen and oxygen atoms in total. The molecule has 0 amide bonds. The number of aryl methyl sites for hydroxylation is 1. The van der Waals surface area contributed by atoms with Crippen LogP contribution in [-0.4, -0.2) is 4.98 Å². The first-order chi connectivity index (χ1) is 5.54. The zero-order valence-electron chi connectivity index (χ0n) is 6.56. The van der Waals surface area contributed by atoms with Gasteiger partial charge in [-0.05, 0) is 6.92 Å². The summed E-state index contributed by atoms with van der Waals surface area (Å²) < 4.78 is 13.0. The first kappa shape index (κ1) is 9.00. The van der Waals surface area contributed by atoms with E-state index in [1.165, 1.54) is 0 Å².